The van der Waals surface area contributed by atoms with E-state index < -0.39 is 18.5 Å². The Hall–Kier alpha value is -2.63. The highest BCUT2D eigenvalue weighted by Gasteiger charge is 2.20. The maximum absolute atomic E-state index is 12.4. The van der Waals surface area contributed by atoms with Gasteiger partial charge in [0.05, 0.1) is 11.3 Å². The zero-order valence-corrected chi connectivity index (χ0v) is 13.7. The standard InChI is InChI=1S/C18H22N2O4/c1-2-7-17(22)24-12-16(21)20-15-11-6-5-10-14(15)18(23)19-13-8-3-4-9-13/h2,5-7,10-11,13H,3-4,8-9,12H2,1H3,(H,19,23)(H,20,21)/b7-2+. The molecule has 128 valence electrons. The van der Waals surface area contributed by atoms with Gasteiger partial charge in [0.15, 0.2) is 6.61 Å². The predicted molar refractivity (Wildman–Crippen MR) is 90.6 cm³/mol. The molecule has 2 N–H and O–H groups in total. The molecule has 2 rings (SSSR count). The van der Waals surface area contributed by atoms with E-state index in [1.807, 2.05) is 0 Å². The SMILES string of the molecule is C/C=C/C(=O)OCC(=O)Nc1ccccc1C(=O)NC1CCCC1. The second-order valence-corrected chi connectivity index (χ2v) is 5.66. The van der Waals surface area contributed by atoms with Gasteiger partial charge in [0.2, 0.25) is 0 Å². The van der Waals surface area contributed by atoms with Gasteiger partial charge in [-0.25, -0.2) is 4.79 Å². The van der Waals surface area contributed by atoms with E-state index in [1.165, 1.54) is 12.2 Å². The van der Waals surface area contributed by atoms with Crippen LogP contribution in [0.3, 0.4) is 0 Å². The van der Waals surface area contributed by atoms with Gasteiger partial charge in [-0.05, 0) is 31.9 Å². The number of carbonyl (C=O) groups excluding carboxylic acids is 3. The summed E-state index contributed by atoms with van der Waals surface area (Å²) in [7, 11) is 0. The third kappa shape index (κ3) is 5.22. The molecule has 0 heterocycles. The van der Waals surface area contributed by atoms with Crippen molar-refractivity contribution in [3.63, 3.8) is 0 Å². The molecule has 0 radical (unpaired) electrons. The van der Waals surface area contributed by atoms with Gasteiger partial charge in [0.25, 0.3) is 11.8 Å². The molecule has 0 aromatic heterocycles. The van der Waals surface area contributed by atoms with Crippen molar-refractivity contribution in [3.8, 4) is 0 Å². The van der Waals surface area contributed by atoms with Crippen LogP contribution in [0.2, 0.25) is 0 Å². The molecule has 1 aliphatic carbocycles. The van der Waals surface area contributed by atoms with Crippen molar-refractivity contribution in [2.45, 2.75) is 38.6 Å². The largest absolute Gasteiger partial charge is 0.452 e. The Morgan fingerprint density at radius 1 is 1.21 bits per heavy atom. The number of anilines is 1. The minimum absolute atomic E-state index is 0.197. The van der Waals surface area contributed by atoms with Crippen molar-refractivity contribution in [1.82, 2.24) is 5.32 Å². The van der Waals surface area contributed by atoms with Gasteiger partial charge in [-0.3, -0.25) is 9.59 Å². The maximum Gasteiger partial charge on any atom is 0.330 e. The second-order valence-electron chi connectivity index (χ2n) is 5.66. The lowest BCUT2D eigenvalue weighted by Gasteiger charge is -2.15. The zero-order valence-electron chi connectivity index (χ0n) is 13.7. The first-order valence-electron chi connectivity index (χ1n) is 8.09. The van der Waals surface area contributed by atoms with Gasteiger partial charge in [0.1, 0.15) is 0 Å². The number of benzene rings is 1. The number of amides is 2. The van der Waals surface area contributed by atoms with Crippen LogP contribution in [0.15, 0.2) is 36.4 Å². The Morgan fingerprint density at radius 3 is 2.62 bits per heavy atom. The Labute approximate surface area is 141 Å². The van der Waals surface area contributed by atoms with Crippen LogP contribution in [0.5, 0.6) is 0 Å². The van der Waals surface area contributed by atoms with Crippen molar-refractivity contribution < 1.29 is 19.1 Å². The minimum Gasteiger partial charge on any atom is -0.452 e. The van der Waals surface area contributed by atoms with Crippen LogP contribution in [-0.4, -0.2) is 30.4 Å². The van der Waals surface area contributed by atoms with Crippen LogP contribution in [0.25, 0.3) is 0 Å². The molecule has 1 aromatic rings. The highest BCUT2D eigenvalue weighted by atomic mass is 16.5. The van der Waals surface area contributed by atoms with E-state index in [1.54, 1.807) is 31.2 Å². The van der Waals surface area contributed by atoms with E-state index in [0.717, 1.165) is 25.7 Å². The molecule has 0 atom stereocenters. The Bertz CT molecular complexity index is 634. The average Bonchev–Trinajstić information content (AvgIpc) is 3.06. The van der Waals surface area contributed by atoms with Gasteiger partial charge in [0, 0.05) is 12.1 Å². The maximum atomic E-state index is 12.4. The van der Waals surface area contributed by atoms with E-state index in [-0.39, 0.29) is 11.9 Å². The highest BCUT2D eigenvalue weighted by molar-refractivity contribution is 6.04. The number of hydrogen-bond donors (Lipinski definition) is 2. The molecule has 0 saturated heterocycles. The summed E-state index contributed by atoms with van der Waals surface area (Å²) in [5.74, 6) is -1.28. The fraction of sp³-hybridized carbons (Fsp3) is 0.389. The number of carbonyl (C=O) groups is 3. The fourth-order valence-corrected chi connectivity index (χ4v) is 2.63. The average molecular weight is 330 g/mol. The number of para-hydroxylation sites is 1. The molecule has 0 bridgehead atoms. The van der Waals surface area contributed by atoms with Crippen LogP contribution in [0.4, 0.5) is 5.69 Å². The lowest BCUT2D eigenvalue weighted by Crippen LogP contribution is -2.33. The van der Waals surface area contributed by atoms with E-state index >= 15 is 0 Å². The molecule has 0 spiro atoms. The summed E-state index contributed by atoms with van der Waals surface area (Å²) in [6.45, 7) is 1.28. The first-order valence-corrected chi connectivity index (χ1v) is 8.09. The highest BCUT2D eigenvalue weighted by Crippen LogP contribution is 2.20. The normalized spacial score (nSPS) is 14.5. The van der Waals surface area contributed by atoms with Crippen LogP contribution in [-0.2, 0) is 14.3 Å². The summed E-state index contributed by atoms with van der Waals surface area (Å²) in [4.78, 5) is 35.5. The van der Waals surface area contributed by atoms with Crippen molar-refractivity contribution in [3.05, 3.63) is 42.0 Å². The number of hydrogen-bond acceptors (Lipinski definition) is 4. The summed E-state index contributed by atoms with van der Waals surface area (Å²) in [5.41, 5.74) is 0.803. The second kappa shape index (κ2) is 8.86. The summed E-state index contributed by atoms with van der Waals surface area (Å²) < 4.78 is 4.79. The molecule has 24 heavy (non-hydrogen) atoms. The van der Waals surface area contributed by atoms with Crippen molar-refractivity contribution in [2.75, 3.05) is 11.9 Å². The Morgan fingerprint density at radius 2 is 1.92 bits per heavy atom. The fourth-order valence-electron chi connectivity index (χ4n) is 2.63. The molecule has 6 nitrogen and oxygen atoms in total. The summed E-state index contributed by atoms with van der Waals surface area (Å²) >= 11 is 0. The number of ether oxygens (including phenoxy) is 1. The topological polar surface area (TPSA) is 84.5 Å². The summed E-state index contributed by atoms with van der Waals surface area (Å²) in [6.07, 6.45) is 6.99. The van der Waals surface area contributed by atoms with Crippen LogP contribution >= 0.6 is 0 Å². The number of esters is 1. The molecular weight excluding hydrogens is 308 g/mol. The molecular formula is C18H22N2O4. The minimum atomic E-state index is -0.583. The summed E-state index contributed by atoms with van der Waals surface area (Å²) in [6, 6.07) is 6.98. The van der Waals surface area contributed by atoms with Crippen molar-refractivity contribution >= 4 is 23.5 Å². The molecule has 1 aliphatic rings. The molecule has 2 amide bonds. The molecule has 1 saturated carbocycles. The quantitative estimate of drug-likeness (QED) is 0.620. The molecule has 1 fully saturated rings. The first kappa shape index (κ1) is 17.7. The third-order valence-corrected chi connectivity index (χ3v) is 3.78. The smallest absolute Gasteiger partial charge is 0.330 e. The molecule has 0 aliphatic heterocycles. The lowest BCUT2D eigenvalue weighted by atomic mass is 10.1. The predicted octanol–water partition coefficient (Wildman–Crippen LogP) is 2.42. The Kier molecular flexibility index (Phi) is 6.54. The first-order chi connectivity index (χ1) is 11.6. The van der Waals surface area contributed by atoms with Crippen LogP contribution in [0, 0.1) is 0 Å². The van der Waals surface area contributed by atoms with E-state index in [4.69, 9.17) is 4.74 Å². The van der Waals surface area contributed by atoms with E-state index in [9.17, 15) is 14.4 Å². The third-order valence-electron chi connectivity index (χ3n) is 3.78. The van der Waals surface area contributed by atoms with Crippen LogP contribution in [0.1, 0.15) is 43.0 Å². The molecule has 0 unspecified atom stereocenters. The van der Waals surface area contributed by atoms with Crippen molar-refractivity contribution in [2.24, 2.45) is 0 Å². The van der Waals surface area contributed by atoms with Crippen molar-refractivity contribution in [1.29, 1.82) is 0 Å². The number of allylic oxidation sites excluding steroid dienone is 1. The van der Waals surface area contributed by atoms with E-state index in [2.05, 4.69) is 10.6 Å². The molecule has 1 aromatic carbocycles. The zero-order chi connectivity index (χ0) is 17.4. The monoisotopic (exact) mass is 330 g/mol. The lowest BCUT2D eigenvalue weighted by molar-refractivity contribution is -0.142. The number of rotatable bonds is 6. The van der Waals surface area contributed by atoms with Gasteiger partial charge in [-0.2, -0.15) is 0 Å². The van der Waals surface area contributed by atoms with E-state index in [0.29, 0.717) is 11.3 Å². The van der Waals surface area contributed by atoms with Gasteiger partial charge < -0.3 is 15.4 Å². The molecule has 6 heteroatoms. The van der Waals surface area contributed by atoms with Gasteiger partial charge in [-0.1, -0.05) is 31.1 Å². The number of nitrogens with one attached hydrogen (secondary N) is 2. The van der Waals surface area contributed by atoms with Gasteiger partial charge >= 0.3 is 5.97 Å². The van der Waals surface area contributed by atoms with Crippen LogP contribution < -0.4 is 10.6 Å². The Balaban J connectivity index is 1.96. The van der Waals surface area contributed by atoms with Gasteiger partial charge in [-0.15, -0.1) is 0 Å². The summed E-state index contributed by atoms with van der Waals surface area (Å²) in [5, 5.41) is 5.60.